The maximum Gasteiger partial charge on any atom is 0.416 e. The van der Waals surface area contributed by atoms with Crippen LogP contribution < -0.4 is 5.56 Å². The standard InChI is InChI=1S/C15H8ClF4N3O/c1-23-14(24)9-5-12(16)22-13(10(9)6-21-23)8-3-2-7(4-11(8)17)15(18,19)20/h2-6H,1H3. The highest BCUT2D eigenvalue weighted by atomic mass is 35.5. The van der Waals surface area contributed by atoms with E-state index in [1.54, 1.807) is 0 Å². The van der Waals surface area contributed by atoms with E-state index in [0.29, 0.717) is 6.07 Å². The summed E-state index contributed by atoms with van der Waals surface area (Å²) in [6.07, 6.45) is -3.38. The van der Waals surface area contributed by atoms with E-state index in [-0.39, 0.29) is 27.2 Å². The summed E-state index contributed by atoms with van der Waals surface area (Å²) >= 11 is 5.87. The number of hydrogen-bond acceptors (Lipinski definition) is 3. The van der Waals surface area contributed by atoms with Crippen molar-refractivity contribution in [1.29, 1.82) is 0 Å². The highest BCUT2D eigenvalue weighted by molar-refractivity contribution is 6.30. The van der Waals surface area contributed by atoms with Gasteiger partial charge in [0.2, 0.25) is 0 Å². The minimum absolute atomic E-state index is 0.0473. The van der Waals surface area contributed by atoms with E-state index in [2.05, 4.69) is 10.1 Å². The van der Waals surface area contributed by atoms with Crippen LogP contribution in [0.1, 0.15) is 5.56 Å². The molecule has 0 radical (unpaired) electrons. The van der Waals surface area contributed by atoms with Crippen LogP contribution in [0.2, 0.25) is 5.15 Å². The van der Waals surface area contributed by atoms with Gasteiger partial charge in [-0.1, -0.05) is 11.6 Å². The molecule has 3 rings (SSSR count). The van der Waals surface area contributed by atoms with E-state index in [1.165, 1.54) is 19.3 Å². The van der Waals surface area contributed by atoms with Gasteiger partial charge in [0.15, 0.2) is 0 Å². The molecule has 0 atom stereocenters. The third kappa shape index (κ3) is 2.73. The largest absolute Gasteiger partial charge is 0.416 e. The lowest BCUT2D eigenvalue weighted by Gasteiger charge is -2.11. The molecule has 0 aliphatic heterocycles. The first kappa shape index (κ1) is 16.4. The second kappa shape index (κ2) is 5.55. The number of hydrogen-bond donors (Lipinski definition) is 0. The van der Waals surface area contributed by atoms with E-state index >= 15 is 0 Å². The maximum absolute atomic E-state index is 14.2. The summed E-state index contributed by atoms with van der Waals surface area (Å²) in [5.74, 6) is -1.12. The summed E-state index contributed by atoms with van der Waals surface area (Å²) in [4.78, 5) is 16.1. The third-order valence-corrected chi connectivity index (χ3v) is 3.66. The van der Waals surface area contributed by atoms with Crippen molar-refractivity contribution in [3.05, 3.63) is 57.3 Å². The van der Waals surface area contributed by atoms with Gasteiger partial charge >= 0.3 is 6.18 Å². The number of aromatic nitrogens is 3. The van der Waals surface area contributed by atoms with Crippen LogP contribution in [0.3, 0.4) is 0 Å². The van der Waals surface area contributed by atoms with Gasteiger partial charge in [-0.15, -0.1) is 0 Å². The first-order valence-electron chi connectivity index (χ1n) is 6.58. The van der Waals surface area contributed by atoms with Crippen LogP contribution in [-0.4, -0.2) is 14.8 Å². The molecular formula is C15H8ClF4N3O. The molecule has 9 heteroatoms. The Morgan fingerprint density at radius 2 is 1.88 bits per heavy atom. The Morgan fingerprint density at radius 1 is 1.17 bits per heavy atom. The van der Waals surface area contributed by atoms with Crippen molar-refractivity contribution < 1.29 is 17.6 Å². The van der Waals surface area contributed by atoms with E-state index in [1.807, 2.05) is 0 Å². The fraction of sp³-hybridized carbons (Fsp3) is 0.133. The molecule has 2 aromatic heterocycles. The second-order valence-electron chi connectivity index (χ2n) is 5.02. The van der Waals surface area contributed by atoms with Crippen molar-refractivity contribution in [1.82, 2.24) is 14.8 Å². The molecule has 0 bridgehead atoms. The molecule has 24 heavy (non-hydrogen) atoms. The molecule has 3 aromatic rings. The fourth-order valence-corrected chi connectivity index (χ4v) is 2.48. The van der Waals surface area contributed by atoms with Crippen LogP contribution in [-0.2, 0) is 13.2 Å². The Hall–Kier alpha value is -2.48. The molecule has 0 aliphatic carbocycles. The Kier molecular flexibility index (Phi) is 3.79. The molecule has 0 amide bonds. The number of pyridine rings is 1. The van der Waals surface area contributed by atoms with Crippen molar-refractivity contribution in [2.75, 3.05) is 0 Å². The lowest BCUT2D eigenvalue weighted by Crippen LogP contribution is -2.19. The zero-order chi connectivity index (χ0) is 17.6. The minimum Gasteiger partial charge on any atom is -0.267 e. The zero-order valence-corrected chi connectivity index (χ0v) is 12.8. The molecule has 4 nitrogen and oxygen atoms in total. The molecular weight excluding hydrogens is 350 g/mol. The van der Waals surface area contributed by atoms with Crippen LogP contribution in [0, 0.1) is 5.82 Å². The minimum atomic E-state index is -4.67. The van der Waals surface area contributed by atoms with E-state index in [9.17, 15) is 22.4 Å². The molecule has 0 aliphatic rings. The Labute approximate surface area is 137 Å². The summed E-state index contributed by atoms with van der Waals surface area (Å²) < 4.78 is 53.3. The Balaban J connectivity index is 2.31. The van der Waals surface area contributed by atoms with Crippen molar-refractivity contribution in [3.8, 4) is 11.3 Å². The number of aryl methyl sites for hydroxylation is 1. The monoisotopic (exact) mass is 357 g/mol. The van der Waals surface area contributed by atoms with Crippen molar-refractivity contribution in [2.45, 2.75) is 6.18 Å². The van der Waals surface area contributed by atoms with Gasteiger partial charge in [0.1, 0.15) is 11.0 Å². The van der Waals surface area contributed by atoms with Gasteiger partial charge in [0.25, 0.3) is 5.56 Å². The molecule has 0 saturated carbocycles. The summed E-state index contributed by atoms with van der Waals surface area (Å²) in [6.45, 7) is 0. The summed E-state index contributed by atoms with van der Waals surface area (Å²) in [5, 5.41) is 4.08. The lowest BCUT2D eigenvalue weighted by atomic mass is 10.0. The molecule has 1 aromatic carbocycles. The van der Waals surface area contributed by atoms with Crippen LogP contribution >= 0.6 is 11.6 Å². The maximum atomic E-state index is 14.2. The van der Waals surface area contributed by atoms with Crippen LogP contribution in [0.4, 0.5) is 17.6 Å². The molecule has 0 fully saturated rings. The number of nitrogens with zero attached hydrogens (tertiary/aromatic N) is 3. The fourth-order valence-electron chi connectivity index (χ4n) is 2.29. The molecule has 0 spiro atoms. The third-order valence-electron chi connectivity index (χ3n) is 3.46. The van der Waals surface area contributed by atoms with Gasteiger partial charge in [0.05, 0.1) is 22.8 Å². The summed E-state index contributed by atoms with van der Waals surface area (Å²) in [6, 6.07) is 3.36. The number of alkyl halides is 3. The first-order chi connectivity index (χ1) is 11.2. The van der Waals surface area contributed by atoms with Crippen LogP contribution in [0.15, 0.2) is 35.3 Å². The predicted octanol–water partition coefficient (Wildman–Crippen LogP) is 3.81. The number of rotatable bonds is 1. The SMILES string of the molecule is Cn1ncc2c(-c3ccc(C(F)(F)F)cc3F)nc(Cl)cc2c1=O. The smallest absolute Gasteiger partial charge is 0.267 e. The summed E-state index contributed by atoms with van der Waals surface area (Å²) in [5.41, 5.74) is -1.85. The molecule has 0 N–H and O–H groups in total. The Morgan fingerprint density at radius 3 is 2.50 bits per heavy atom. The van der Waals surface area contributed by atoms with Crippen molar-refractivity contribution in [3.63, 3.8) is 0 Å². The normalized spacial score (nSPS) is 11.9. The van der Waals surface area contributed by atoms with Crippen LogP contribution in [0.25, 0.3) is 22.0 Å². The van der Waals surface area contributed by atoms with E-state index in [0.717, 1.165) is 16.8 Å². The van der Waals surface area contributed by atoms with E-state index < -0.39 is 23.1 Å². The Bertz CT molecular complexity index is 1010. The zero-order valence-electron chi connectivity index (χ0n) is 12.0. The lowest BCUT2D eigenvalue weighted by molar-refractivity contribution is -0.137. The number of fused-ring (bicyclic) bond motifs is 1. The number of benzene rings is 1. The van der Waals surface area contributed by atoms with Crippen LogP contribution in [0.5, 0.6) is 0 Å². The van der Waals surface area contributed by atoms with Gasteiger partial charge in [-0.25, -0.2) is 14.1 Å². The van der Waals surface area contributed by atoms with Gasteiger partial charge in [-0.05, 0) is 24.3 Å². The molecule has 2 heterocycles. The number of halogens is 5. The highest BCUT2D eigenvalue weighted by Crippen LogP contribution is 2.34. The van der Waals surface area contributed by atoms with E-state index in [4.69, 9.17) is 11.6 Å². The van der Waals surface area contributed by atoms with Crippen molar-refractivity contribution in [2.24, 2.45) is 7.05 Å². The summed E-state index contributed by atoms with van der Waals surface area (Å²) in [7, 11) is 1.43. The molecule has 124 valence electrons. The molecule has 0 unspecified atom stereocenters. The van der Waals surface area contributed by atoms with Gasteiger partial charge in [-0.3, -0.25) is 4.79 Å². The first-order valence-corrected chi connectivity index (χ1v) is 6.96. The van der Waals surface area contributed by atoms with Gasteiger partial charge in [0, 0.05) is 18.0 Å². The predicted molar refractivity (Wildman–Crippen MR) is 80.2 cm³/mol. The van der Waals surface area contributed by atoms with Crippen molar-refractivity contribution >= 4 is 22.4 Å². The second-order valence-corrected chi connectivity index (χ2v) is 5.41. The topological polar surface area (TPSA) is 47.8 Å². The molecule has 0 saturated heterocycles. The van der Waals surface area contributed by atoms with Gasteiger partial charge < -0.3 is 0 Å². The average molecular weight is 358 g/mol. The average Bonchev–Trinajstić information content (AvgIpc) is 2.50. The quantitative estimate of drug-likeness (QED) is 0.491. The van der Waals surface area contributed by atoms with Gasteiger partial charge in [-0.2, -0.15) is 18.3 Å². The highest BCUT2D eigenvalue weighted by Gasteiger charge is 2.31.